The van der Waals surface area contributed by atoms with Crippen LogP contribution in [0.1, 0.15) is 32.0 Å². The Bertz CT molecular complexity index is 317. The molecule has 0 aliphatic heterocycles. The van der Waals surface area contributed by atoms with E-state index in [1.54, 1.807) is 6.07 Å². The van der Waals surface area contributed by atoms with Crippen LogP contribution in [0, 0.1) is 0 Å². The number of anilines is 2. The summed E-state index contributed by atoms with van der Waals surface area (Å²) in [5.74, 6) is 2.06. The molecule has 90 valence electrons. The highest BCUT2D eigenvalue weighted by Gasteiger charge is 2.01. The maximum Gasteiger partial charge on any atom is 0.133 e. The van der Waals surface area contributed by atoms with Gasteiger partial charge >= 0.3 is 0 Å². The lowest BCUT2D eigenvalue weighted by Crippen LogP contribution is -2.08. The minimum Gasteiger partial charge on any atom is -0.396 e. The minimum absolute atomic E-state index is 0.231. The van der Waals surface area contributed by atoms with Crippen LogP contribution in [-0.2, 0) is 6.42 Å². The monoisotopic (exact) mass is 224 g/mol. The van der Waals surface area contributed by atoms with E-state index in [1.165, 1.54) is 0 Å². The molecule has 16 heavy (non-hydrogen) atoms. The first-order valence-corrected chi connectivity index (χ1v) is 5.74. The van der Waals surface area contributed by atoms with Gasteiger partial charge in [-0.2, -0.15) is 0 Å². The average molecular weight is 224 g/mol. The van der Waals surface area contributed by atoms with Crippen LogP contribution in [0.15, 0.2) is 6.07 Å². The summed E-state index contributed by atoms with van der Waals surface area (Å²) in [7, 11) is 0. The fourth-order valence-corrected chi connectivity index (χ4v) is 1.40. The fourth-order valence-electron chi connectivity index (χ4n) is 1.40. The molecule has 1 aromatic rings. The molecule has 0 aliphatic carbocycles. The summed E-state index contributed by atoms with van der Waals surface area (Å²) in [6, 6.07) is 1.73. The summed E-state index contributed by atoms with van der Waals surface area (Å²) in [6.07, 6.45) is 3.57. The number of aromatic nitrogens is 2. The SMILES string of the molecule is CCCc1nc(N)cc(NCCCCO)n1. The Balaban J connectivity index is 2.51. The maximum atomic E-state index is 8.65. The second kappa shape index (κ2) is 7.00. The van der Waals surface area contributed by atoms with Crippen LogP contribution in [0.3, 0.4) is 0 Å². The second-order valence-electron chi connectivity index (χ2n) is 3.70. The summed E-state index contributed by atoms with van der Waals surface area (Å²) in [6.45, 7) is 3.11. The first kappa shape index (κ1) is 12.7. The molecule has 1 rings (SSSR count). The molecule has 0 saturated heterocycles. The third-order valence-corrected chi connectivity index (χ3v) is 2.16. The number of unbranched alkanes of at least 4 members (excludes halogenated alkanes) is 1. The number of nitrogens with one attached hydrogen (secondary N) is 1. The van der Waals surface area contributed by atoms with Crippen LogP contribution in [0.2, 0.25) is 0 Å². The van der Waals surface area contributed by atoms with Crippen molar-refractivity contribution in [3.8, 4) is 0 Å². The van der Waals surface area contributed by atoms with Crippen LogP contribution in [0.5, 0.6) is 0 Å². The Hall–Kier alpha value is -1.36. The molecule has 0 saturated carbocycles. The molecular weight excluding hydrogens is 204 g/mol. The molecule has 5 nitrogen and oxygen atoms in total. The molecule has 1 heterocycles. The Morgan fingerprint density at radius 3 is 2.88 bits per heavy atom. The van der Waals surface area contributed by atoms with Gasteiger partial charge in [0.25, 0.3) is 0 Å². The lowest BCUT2D eigenvalue weighted by molar-refractivity contribution is 0.286. The van der Waals surface area contributed by atoms with E-state index >= 15 is 0 Å². The zero-order chi connectivity index (χ0) is 11.8. The minimum atomic E-state index is 0.231. The van der Waals surface area contributed by atoms with Gasteiger partial charge in [-0.05, 0) is 19.3 Å². The van der Waals surface area contributed by atoms with Gasteiger partial charge in [0, 0.05) is 25.6 Å². The molecule has 0 aliphatic rings. The van der Waals surface area contributed by atoms with Gasteiger partial charge in [-0.3, -0.25) is 0 Å². The number of nitrogens with two attached hydrogens (primary N) is 1. The molecule has 0 radical (unpaired) electrons. The maximum absolute atomic E-state index is 8.65. The van der Waals surface area contributed by atoms with E-state index in [2.05, 4.69) is 22.2 Å². The molecule has 0 atom stereocenters. The van der Waals surface area contributed by atoms with Crippen molar-refractivity contribution >= 4 is 11.6 Å². The standard InChI is InChI=1S/C11H20N4O/c1-2-5-10-14-9(12)8-11(15-10)13-6-3-4-7-16/h8,16H,2-7H2,1H3,(H3,12,13,14,15). The van der Waals surface area contributed by atoms with Crippen molar-refractivity contribution in [2.45, 2.75) is 32.6 Å². The summed E-state index contributed by atoms with van der Waals surface area (Å²) < 4.78 is 0. The van der Waals surface area contributed by atoms with Crippen molar-refractivity contribution in [2.24, 2.45) is 0 Å². The Morgan fingerprint density at radius 2 is 2.19 bits per heavy atom. The quantitative estimate of drug-likeness (QED) is 0.606. The van der Waals surface area contributed by atoms with Gasteiger partial charge in [0.05, 0.1) is 0 Å². The van der Waals surface area contributed by atoms with Gasteiger partial charge in [-0.1, -0.05) is 6.92 Å². The smallest absolute Gasteiger partial charge is 0.133 e. The van der Waals surface area contributed by atoms with Gasteiger partial charge < -0.3 is 16.2 Å². The van der Waals surface area contributed by atoms with Crippen molar-refractivity contribution in [1.29, 1.82) is 0 Å². The molecule has 0 amide bonds. The first-order valence-electron chi connectivity index (χ1n) is 5.74. The molecule has 1 aromatic heterocycles. The van der Waals surface area contributed by atoms with E-state index in [1.807, 2.05) is 0 Å². The van der Waals surface area contributed by atoms with E-state index in [9.17, 15) is 0 Å². The van der Waals surface area contributed by atoms with Crippen molar-refractivity contribution in [2.75, 3.05) is 24.2 Å². The molecule has 0 fully saturated rings. The Labute approximate surface area is 96.1 Å². The van der Waals surface area contributed by atoms with E-state index in [4.69, 9.17) is 10.8 Å². The van der Waals surface area contributed by atoms with Crippen LogP contribution >= 0.6 is 0 Å². The van der Waals surface area contributed by atoms with Crippen molar-refractivity contribution in [3.05, 3.63) is 11.9 Å². The number of hydrogen-bond acceptors (Lipinski definition) is 5. The van der Waals surface area contributed by atoms with Gasteiger partial charge in [0.2, 0.25) is 0 Å². The number of nitrogens with zero attached hydrogens (tertiary/aromatic N) is 2. The van der Waals surface area contributed by atoms with E-state index < -0.39 is 0 Å². The summed E-state index contributed by atoms with van der Waals surface area (Å²) in [4.78, 5) is 8.51. The number of nitrogen functional groups attached to an aromatic ring is 1. The fraction of sp³-hybridized carbons (Fsp3) is 0.636. The van der Waals surface area contributed by atoms with E-state index in [0.29, 0.717) is 5.82 Å². The molecule has 0 aromatic carbocycles. The topological polar surface area (TPSA) is 84.1 Å². The number of rotatable bonds is 7. The molecule has 5 heteroatoms. The molecular formula is C11H20N4O. The normalized spacial score (nSPS) is 10.4. The summed E-state index contributed by atoms with van der Waals surface area (Å²) >= 11 is 0. The first-order chi connectivity index (χ1) is 7.76. The van der Waals surface area contributed by atoms with E-state index in [0.717, 1.165) is 43.9 Å². The molecule has 0 unspecified atom stereocenters. The largest absolute Gasteiger partial charge is 0.396 e. The predicted octanol–water partition coefficient (Wildman–Crippen LogP) is 1.20. The highest BCUT2D eigenvalue weighted by Crippen LogP contribution is 2.09. The number of aliphatic hydroxyl groups excluding tert-OH is 1. The summed E-state index contributed by atoms with van der Waals surface area (Å²) in [5.41, 5.74) is 5.69. The highest BCUT2D eigenvalue weighted by molar-refractivity contribution is 5.44. The van der Waals surface area contributed by atoms with Gasteiger partial charge in [0.1, 0.15) is 17.5 Å². The Kier molecular flexibility index (Phi) is 5.56. The highest BCUT2D eigenvalue weighted by atomic mass is 16.2. The molecule has 0 bridgehead atoms. The lowest BCUT2D eigenvalue weighted by Gasteiger charge is -2.07. The van der Waals surface area contributed by atoms with Crippen LogP contribution < -0.4 is 11.1 Å². The zero-order valence-electron chi connectivity index (χ0n) is 9.74. The average Bonchev–Trinajstić information content (AvgIpc) is 2.24. The third kappa shape index (κ3) is 4.44. The van der Waals surface area contributed by atoms with Gasteiger partial charge in [0.15, 0.2) is 0 Å². The lowest BCUT2D eigenvalue weighted by atomic mass is 10.3. The van der Waals surface area contributed by atoms with Crippen LogP contribution in [0.4, 0.5) is 11.6 Å². The van der Waals surface area contributed by atoms with Crippen molar-refractivity contribution < 1.29 is 5.11 Å². The van der Waals surface area contributed by atoms with Crippen LogP contribution in [0.25, 0.3) is 0 Å². The number of aryl methyl sites for hydroxylation is 1. The van der Waals surface area contributed by atoms with Crippen molar-refractivity contribution in [3.63, 3.8) is 0 Å². The van der Waals surface area contributed by atoms with Crippen molar-refractivity contribution in [1.82, 2.24) is 9.97 Å². The van der Waals surface area contributed by atoms with Gasteiger partial charge in [-0.25, -0.2) is 9.97 Å². The molecule has 4 N–H and O–H groups in total. The zero-order valence-corrected chi connectivity index (χ0v) is 9.74. The predicted molar refractivity (Wildman–Crippen MR) is 65.2 cm³/mol. The van der Waals surface area contributed by atoms with Gasteiger partial charge in [-0.15, -0.1) is 0 Å². The summed E-state index contributed by atoms with van der Waals surface area (Å²) in [5, 5.41) is 11.8. The Morgan fingerprint density at radius 1 is 1.38 bits per heavy atom. The van der Waals surface area contributed by atoms with E-state index in [-0.39, 0.29) is 6.61 Å². The third-order valence-electron chi connectivity index (χ3n) is 2.16. The molecule has 0 spiro atoms. The number of hydrogen-bond donors (Lipinski definition) is 3. The second-order valence-corrected chi connectivity index (χ2v) is 3.70. The van der Waals surface area contributed by atoms with Crippen LogP contribution in [-0.4, -0.2) is 28.2 Å². The number of aliphatic hydroxyl groups is 1.